The van der Waals surface area contributed by atoms with Crippen molar-refractivity contribution in [1.29, 1.82) is 0 Å². The van der Waals surface area contributed by atoms with Gasteiger partial charge >= 0.3 is 5.97 Å². The summed E-state index contributed by atoms with van der Waals surface area (Å²) < 4.78 is 1.79. The number of methoxy groups -OCH3 is 1. The first-order valence-electron chi connectivity index (χ1n) is 2.09. The third kappa shape index (κ3) is 2.01. The first-order valence-corrected chi connectivity index (χ1v) is 3.22. The number of rotatable bonds is 2. The molecule has 0 aromatic rings. The largest absolute Gasteiger partial charge is 0.466 e. The monoisotopic (exact) mass is 204 g/mol. The maximum atomic E-state index is 10.5. The van der Waals surface area contributed by atoms with E-state index in [0.29, 0.717) is 0 Å². The molecule has 0 saturated carbocycles. The molecule has 0 aromatic carbocycles. The number of alkyl halides is 2. The van der Waals surface area contributed by atoms with Crippen LogP contribution in [0.3, 0.4) is 0 Å². The van der Waals surface area contributed by atoms with E-state index in [0.717, 1.165) is 7.11 Å². The minimum atomic E-state index is -2.28. The second kappa shape index (κ2) is 3.42. The lowest BCUT2D eigenvalue weighted by Crippen LogP contribution is -2.33. The summed E-state index contributed by atoms with van der Waals surface area (Å²) in [4.78, 5) is 20.8. The summed E-state index contributed by atoms with van der Waals surface area (Å²) in [5, 5.41) is -1.18. The Morgan fingerprint density at radius 3 is 1.90 bits per heavy atom. The van der Waals surface area contributed by atoms with Crippen LogP contribution in [0, 0.1) is 0 Å². The highest BCUT2D eigenvalue weighted by atomic mass is 35.5. The molecule has 0 aromatic heterocycles. The van der Waals surface area contributed by atoms with Crippen molar-refractivity contribution in [2.24, 2.45) is 0 Å². The summed E-state index contributed by atoms with van der Waals surface area (Å²) in [5.74, 6) is -1.09. The number of hydrogen-bond donors (Lipinski definition) is 0. The third-order valence-corrected chi connectivity index (χ3v) is 1.82. The van der Waals surface area contributed by atoms with Crippen molar-refractivity contribution in [3.8, 4) is 0 Å². The molecule has 0 N–H and O–H groups in total. The van der Waals surface area contributed by atoms with E-state index in [9.17, 15) is 9.59 Å². The number of halogens is 3. The minimum Gasteiger partial charge on any atom is -0.466 e. The van der Waals surface area contributed by atoms with Crippen LogP contribution in [0.15, 0.2) is 0 Å². The normalized spacial score (nSPS) is 10.8. The summed E-state index contributed by atoms with van der Waals surface area (Å²) >= 11 is 15.1. The van der Waals surface area contributed by atoms with E-state index < -0.39 is 15.5 Å². The summed E-state index contributed by atoms with van der Waals surface area (Å²) in [6, 6.07) is 0. The number of carbonyl (C=O) groups is 2. The minimum absolute atomic E-state index is 1.04. The molecule has 0 unspecified atom stereocenters. The summed E-state index contributed by atoms with van der Waals surface area (Å²) in [6.45, 7) is 0. The topological polar surface area (TPSA) is 43.4 Å². The highest BCUT2D eigenvalue weighted by molar-refractivity contribution is 6.83. The van der Waals surface area contributed by atoms with Gasteiger partial charge in [-0.25, -0.2) is 4.79 Å². The van der Waals surface area contributed by atoms with Gasteiger partial charge in [-0.2, -0.15) is 0 Å². The molecule has 0 rings (SSSR count). The van der Waals surface area contributed by atoms with E-state index >= 15 is 0 Å². The van der Waals surface area contributed by atoms with Crippen molar-refractivity contribution in [3.63, 3.8) is 0 Å². The van der Waals surface area contributed by atoms with Crippen LogP contribution in [0.1, 0.15) is 0 Å². The fourth-order valence-electron chi connectivity index (χ4n) is 0.208. The van der Waals surface area contributed by atoms with Crippen LogP contribution in [-0.4, -0.2) is 22.7 Å². The van der Waals surface area contributed by atoms with Crippen LogP contribution in [0.25, 0.3) is 0 Å². The Labute approximate surface area is 72.2 Å². The predicted molar refractivity (Wildman–Crippen MR) is 37.3 cm³/mol. The maximum absolute atomic E-state index is 10.5. The molecule has 10 heavy (non-hydrogen) atoms. The molecule has 0 spiro atoms. The summed E-state index contributed by atoms with van der Waals surface area (Å²) in [5.41, 5.74) is 0. The average Bonchev–Trinajstić information content (AvgIpc) is 1.86. The maximum Gasteiger partial charge on any atom is 0.351 e. The van der Waals surface area contributed by atoms with E-state index in [2.05, 4.69) is 4.74 Å². The molecule has 0 saturated heterocycles. The van der Waals surface area contributed by atoms with Crippen LogP contribution >= 0.6 is 34.8 Å². The third-order valence-electron chi connectivity index (χ3n) is 0.689. The molecule has 0 aliphatic heterocycles. The van der Waals surface area contributed by atoms with E-state index in [-0.39, 0.29) is 0 Å². The Balaban J connectivity index is 4.40. The van der Waals surface area contributed by atoms with Crippen LogP contribution in [0.5, 0.6) is 0 Å². The number of hydrogen-bond acceptors (Lipinski definition) is 3. The molecule has 3 nitrogen and oxygen atoms in total. The molecule has 0 amide bonds. The van der Waals surface area contributed by atoms with Crippen molar-refractivity contribution >= 4 is 46.0 Å². The second-order valence-corrected chi connectivity index (χ2v) is 3.01. The van der Waals surface area contributed by atoms with Crippen molar-refractivity contribution in [1.82, 2.24) is 0 Å². The first-order chi connectivity index (χ1) is 4.42. The molecule has 0 heterocycles. The standard InChI is InChI=1S/C4H3Cl3O3/c1-10-3(9)4(6,7)2(5)8/h1H3. The zero-order chi connectivity index (χ0) is 8.36. The Morgan fingerprint density at radius 2 is 1.80 bits per heavy atom. The zero-order valence-corrected chi connectivity index (χ0v) is 7.13. The SMILES string of the molecule is COC(=O)C(Cl)(Cl)C(=O)Cl. The molecular weight excluding hydrogens is 202 g/mol. The van der Waals surface area contributed by atoms with Crippen molar-refractivity contribution in [3.05, 3.63) is 0 Å². The van der Waals surface area contributed by atoms with Gasteiger partial charge in [0.2, 0.25) is 0 Å². The van der Waals surface area contributed by atoms with E-state index in [1.54, 1.807) is 0 Å². The second-order valence-electron chi connectivity index (χ2n) is 1.34. The summed E-state index contributed by atoms with van der Waals surface area (Å²) in [7, 11) is 1.04. The molecule has 0 aliphatic rings. The van der Waals surface area contributed by atoms with Gasteiger partial charge in [-0.1, -0.05) is 23.2 Å². The van der Waals surface area contributed by atoms with Crippen molar-refractivity contribution in [2.45, 2.75) is 4.33 Å². The fourth-order valence-corrected chi connectivity index (χ4v) is 0.440. The number of esters is 1. The molecule has 0 radical (unpaired) electrons. The van der Waals surface area contributed by atoms with E-state index in [4.69, 9.17) is 34.8 Å². The lowest BCUT2D eigenvalue weighted by molar-refractivity contribution is -0.143. The summed E-state index contributed by atoms with van der Waals surface area (Å²) in [6.07, 6.45) is 0. The van der Waals surface area contributed by atoms with Gasteiger partial charge in [0.15, 0.2) is 0 Å². The Bertz CT molecular complexity index is 165. The van der Waals surface area contributed by atoms with Crippen LogP contribution in [0.4, 0.5) is 0 Å². The van der Waals surface area contributed by atoms with Gasteiger partial charge in [0, 0.05) is 0 Å². The van der Waals surface area contributed by atoms with Gasteiger partial charge in [-0.05, 0) is 11.6 Å². The number of ether oxygens (including phenoxy) is 1. The van der Waals surface area contributed by atoms with Gasteiger partial charge in [0.1, 0.15) is 0 Å². The van der Waals surface area contributed by atoms with Crippen LogP contribution < -0.4 is 0 Å². The van der Waals surface area contributed by atoms with Crippen LogP contribution in [-0.2, 0) is 14.3 Å². The van der Waals surface area contributed by atoms with Crippen molar-refractivity contribution < 1.29 is 14.3 Å². The Morgan fingerprint density at radius 1 is 1.40 bits per heavy atom. The smallest absolute Gasteiger partial charge is 0.351 e. The first kappa shape index (κ1) is 10.0. The predicted octanol–water partition coefficient (Wildman–Crippen LogP) is 1.10. The molecule has 6 heteroatoms. The van der Waals surface area contributed by atoms with Gasteiger partial charge in [0.05, 0.1) is 7.11 Å². The number of carbonyl (C=O) groups excluding carboxylic acids is 2. The zero-order valence-electron chi connectivity index (χ0n) is 4.86. The van der Waals surface area contributed by atoms with Crippen molar-refractivity contribution in [2.75, 3.05) is 7.11 Å². The van der Waals surface area contributed by atoms with Crippen LogP contribution in [0.2, 0.25) is 0 Å². The fraction of sp³-hybridized carbons (Fsp3) is 0.500. The van der Waals surface area contributed by atoms with Gasteiger partial charge in [-0.3, -0.25) is 4.79 Å². The van der Waals surface area contributed by atoms with Gasteiger partial charge in [-0.15, -0.1) is 0 Å². The Hall–Kier alpha value is 0.01000. The van der Waals surface area contributed by atoms with E-state index in [1.807, 2.05) is 0 Å². The van der Waals surface area contributed by atoms with E-state index in [1.165, 1.54) is 0 Å². The molecule has 0 atom stereocenters. The Kier molecular flexibility index (Phi) is 3.42. The molecule has 0 fully saturated rings. The molecule has 0 aliphatic carbocycles. The average molecular weight is 205 g/mol. The molecule has 58 valence electrons. The highest BCUT2D eigenvalue weighted by Crippen LogP contribution is 2.25. The van der Waals surface area contributed by atoms with Gasteiger partial charge in [0.25, 0.3) is 9.58 Å². The lowest BCUT2D eigenvalue weighted by atomic mass is 10.4. The highest BCUT2D eigenvalue weighted by Gasteiger charge is 2.42. The lowest BCUT2D eigenvalue weighted by Gasteiger charge is -2.09. The molecule has 0 bridgehead atoms. The van der Waals surface area contributed by atoms with Gasteiger partial charge < -0.3 is 4.74 Å². The molecular formula is C4H3Cl3O3. The quantitative estimate of drug-likeness (QED) is 0.293.